The van der Waals surface area contributed by atoms with Crippen molar-refractivity contribution in [2.75, 3.05) is 21.3 Å². The van der Waals surface area contributed by atoms with E-state index >= 15 is 0 Å². The van der Waals surface area contributed by atoms with Crippen LogP contribution in [0.25, 0.3) is 0 Å². The molecule has 0 saturated carbocycles. The summed E-state index contributed by atoms with van der Waals surface area (Å²) in [5.74, 6) is 1.36. The number of benzene rings is 2. The molecule has 0 saturated heterocycles. The van der Waals surface area contributed by atoms with E-state index in [-0.39, 0.29) is 24.3 Å². The predicted octanol–water partition coefficient (Wildman–Crippen LogP) is 3.48. The average Bonchev–Trinajstić information content (AvgIpc) is 2.76. The first-order chi connectivity index (χ1) is 14.8. The molecule has 7 heteroatoms. The van der Waals surface area contributed by atoms with Crippen LogP contribution in [-0.4, -0.2) is 39.2 Å². The number of carbonyl (C=O) groups excluding carboxylic acids is 2. The first kappa shape index (κ1) is 24.1. The second kappa shape index (κ2) is 11.2. The Morgan fingerprint density at radius 2 is 1.55 bits per heavy atom. The van der Waals surface area contributed by atoms with Crippen LogP contribution in [0.15, 0.2) is 36.4 Å². The van der Waals surface area contributed by atoms with E-state index in [9.17, 15) is 9.59 Å². The molecule has 0 aliphatic carbocycles. The molecule has 0 unspecified atom stereocenters. The molecule has 2 aromatic rings. The molecule has 0 aliphatic rings. The molecular weight excluding hydrogens is 396 g/mol. The van der Waals surface area contributed by atoms with Gasteiger partial charge in [-0.15, -0.1) is 0 Å². The monoisotopic (exact) mass is 428 g/mol. The molecule has 0 bridgehead atoms. The van der Waals surface area contributed by atoms with Gasteiger partial charge in [0.05, 0.1) is 21.3 Å². The van der Waals surface area contributed by atoms with Crippen molar-refractivity contribution in [3.63, 3.8) is 0 Å². The van der Waals surface area contributed by atoms with Gasteiger partial charge in [-0.3, -0.25) is 9.59 Å². The van der Waals surface area contributed by atoms with Gasteiger partial charge in [0.15, 0.2) is 11.5 Å². The van der Waals surface area contributed by atoms with Gasteiger partial charge in [0.2, 0.25) is 5.91 Å². The van der Waals surface area contributed by atoms with Gasteiger partial charge in [-0.25, -0.2) is 0 Å². The highest BCUT2D eigenvalue weighted by atomic mass is 16.5. The van der Waals surface area contributed by atoms with Crippen LogP contribution in [0.1, 0.15) is 41.8 Å². The molecule has 0 spiro atoms. The fourth-order valence-corrected chi connectivity index (χ4v) is 3.30. The fourth-order valence-electron chi connectivity index (χ4n) is 3.30. The van der Waals surface area contributed by atoms with E-state index in [1.54, 1.807) is 39.5 Å². The molecule has 0 radical (unpaired) electrons. The number of hydrogen-bond acceptors (Lipinski definition) is 5. The van der Waals surface area contributed by atoms with Crippen molar-refractivity contribution in [2.24, 2.45) is 5.92 Å². The molecule has 2 N–H and O–H groups in total. The lowest BCUT2D eigenvalue weighted by Gasteiger charge is -2.21. The maximum Gasteiger partial charge on any atom is 0.252 e. The minimum absolute atomic E-state index is 0.219. The van der Waals surface area contributed by atoms with Crippen molar-refractivity contribution in [3.05, 3.63) is 53.1 Å². The maximum atomic E-state index is 13.0. The number of nitrogens with one attached hydrogen (secondary N) is 2. The molecule has 2 amide bonds. The summed E-state index contributed by atoms with van der Waals surface area (Å²) in [6.45, 7) is 6.11. The van der Waals surface area contributed by atoms with Crippen molar-refractivity contribution < 1.29 is 23.8 Å². The molecule has 7 nitrogen and oxygen atoms in total. The van der Waals surface area contributed by atoms with Crippen LogP contribution in [0.4, 0.5) is 0 Å². The van der Waals surface area contributed by atoms with Crippen molar-refractivity contribution in [1.29, 1.82) is 0 Å². The summed E-state index contributed by atoms with van der Waals surface area (Å²) < 4.78 is 16.1. The minimum Gasteiger partial charge on any atom is -0.496 e. The summed E-state index contributed by atoms with van der Waals surface area (Å²) in [6.07, 6.45) is 0.520. The SMILES string of the molecule is COc1cc(OC)c(OC)cc1CNC(=O)[C@@H](CC(C)C)NC(=O)c1ccccc1C. The van der Waals surface area contributed by atoms with Gasteiger partial charge in [-0.2, -0.15) is 0 Å². The summed E-state index contributed by atoms with van der Waals surface area (Å²) in [7, 11) is 4.65. The zero-order valence-corrected chi connectivity index (χ0v) is 19.1. The summed E-state index contributed by atoms with van der Waals surface area (Å²) in [5, 5.41) is 5.79. The number of ether oxygens (including phenoxy) is 3. The Hall–Kier alpha value is -3.22. The van der Waals surface area contributed by atoms with Crippen molar-refractivity contribution >= 4 is 11.8 Å². The molecular formula is C24H32N2O5. The minimum atomic E-state index is -0.654. The Morgan fingerprint density at radius 3 is 2.13 bits per heavy atom. The molecule has 1 atom stereocenters. The van der Waals surface area contributed by atoms with Gasteiger partial charge in [0.25, 0.3) is 5.91 Å². The molecule has 31 heavy (non-hydrogen) atoms. The summed E-state index contributed by atoms with van der Waals surface area (Å²) in [4.78, 5) is 25.7. The van der Waals surface area contributed by atoms with E-state index < -0.39 is 6.04 Å². The number of carbonyl (C=O) groups is 2. The zero-order chi connectivity index (χ0) is 23.0. The first-order valence-corrected chi connectivity index (χ1v) is 10.2. The number of methoxy groups -OCH3 is 3. The average molecular weight is 429 g/mol. The summed E-state index contributed by atoms with van der Waals surface area (Å²) in [5.41, 5.74) is 2.16. The van der Waals surface area contributed by atoms with Crippen LogP contribution in [0.2, 0.25) is 0 Å². The number of hydrogen-bond donors (Lipinski definition) is 2. The molecule has 2 rings (SSSR count). The first-order valence-electron chi connectivity index (χ1n) is 10.2. The third kappa shape index (κ3) is 6.38. The van der Waals surface area contributed by atoms with Gasteiger partial charge in [-0.1, -0.05) is 32.0 Å². The highest BCUT2D eigenvalue weighted by molar-refractivity contribution is 5.98. The Kier molecular flexibility index (Phi) is 8.73. The second-order valence-corrected chi connectivity index (χ2v) is 7.71. The van der Waals surface area contributed by atoms with Gasteiger partial charge >= 0.3 is 0 Å². The van der Waals surface area contributed by atoms with Crippen molar-refractivity contribution in [2.45, 2.75) is 39.8 Å². The van der Waals surface area contributed by atoms with E-state index in [0.29, 0.717) is 29.2 Å². The van der Waals surface area contributed by atoms with Crippen LogP contribution < -0.4 is 24.8 Å². The van der Waals surface area contributed by atoms with Crippen LogP contribution in [-0.2, 0) is 11.3 Å². The van der Waals surface area contributed by atoms with Gasteiger partial charge in [-0.05, 0) is 37.0 Å². The maximum absolute atomic E-state index is 13.0. The van der Waals surface area contributed by atoms with Gasteiger partial charge in [0, 0.05) is 23.7 Å². The van der Waals surface area contributed by atoms with Crippen molar-refractivity contribution in [3.8, 4) is 17.2 Å². The Labute approximate surface area is 184 Å². The topological polar surface area (TPSA) is 85.9 Å². The highest BCUT2D eigenvalue weighted by Gasteiger charge is 2.23. The third-order valence-electron chi connectivity index (χ3n) is 4.96. The lowest BCUT2D eigenvalue weighted by molar-refractivity contribution is -0.123. The number of rotatable bonds is 10. The Morgan fingerprint density at radius 1 is 0.935 bits per heavy atom. The molecule has 0 aromatic heterocycles. The summed E-state index contributed by atoms with van der Waals surface area (Å²) in [6, 6.07) is 10.1. The largest absolute Gasteiger partial charge is 0.496 e. The smallest absolute Gasteiger partial charge is 0.252 e. The normalized spacial score (nSPS) is 11.6. The Balaban J connectivity index is 2.16. The predicted molar refractivity (Wildman–Crippen MR) is 120 cm³/mol. The van der Waals surface area contributed by atoms with Gasteiger partial charge in [0.1, 0.15) is 11.8 Å². The molecule has 0 aliphatic heterocycles. The van der Waals surface area contributed by atoms with E-state index in [1.807, 2.05) is 39.0 Å². The lowest BCUT2D eigenvalue weighted by Crippen LogP contribution is -2.47. The quantitative estimate of drug-likeness (QED) is 0.605. The summed E-state index contributed by atoms with van der Waals surface area (Å²) >= 11 is 0. The lowest BCUT2D eigenvalue weighted by atomic mass is 10.0. The van der Waals surface area contributed by atoms with Crippen LogP contribution in [0.3, 0.4) is 0 Å². The zero-order valence-electron chi connectivity index (χ0n) is 19.1. The van der Waals surface area contributed by atoms with E-state index in [0.717, 1.165) is 11.1 Å². The molecule has 168 valence electrons. The van der Waals surface area contributed by atoms with Crippen LogP contribution in [0, 0.1) is 12.8 Å². The van der Waals surface area contributed by atoms with E-state index in [2.05, 4.69) is 10.6 Å². The standard InChI is InChI=1S/C24H32N2O5/c1-15(2)11-19(26-23(27)18-10-8-7-9-16(18)3)24(28)25-14-17-12-21(30-5)22(31-6)13-20(17)29-4/h7-10,12-13,15,19H,11,14H2,1-6H3,(H,25,28)(H,26,27)/t19-/m1/s1. The third-order valence-corrected chi connectivity index (χ3v) is 4.96. The fraction of sp³-hybridized carbons (Fsp3) is 0.417. The van der Waals surface area contributed by atoms with Crippen LogP contribution >= 0.6 is 0 Å². The van der Waals surface area contributed by atoms with Crippen LogP contribution in [0.5, 0.6) is 17.2 Å². The number of amides is 2. The Bertz CT molecular complexity index is 911. The van der Waals surface area contributed by atoms with Gasteiger partial charge < -0.3 is 24.8 Å². The second-order valence-electron chi connectivity index (χ2n) is 7.71. The highest BCUT2D eigenvalue weighted by Crippen LogP contribution is 2.34. The molecule has 0 heterocycles. The molecule has 2 aromatic carbocycles. The number of aryl methyl sites for hydroxylation is 1. The molecule has 0 fully saturated rings. The van der Waals surface area contributed by atoms with Crippen molar-refractivity contribution in [1.82, 2.24) is 10.6 Å². The van der Waals surface area contributed by atoms with E-state index in [4.69, 9.17) is 14.2 Å². The van der Waals surface area contributed by atoms with E-state index in [1.165, 1.54) is 0 Å².